The van der Waals surface area contributed by atoms with Gasteiger partial charge in [0.1, 0.15) is 0 Å². The van der Waals surface area contributed by atoms with Crippen LogP contribution in [0.3, 0.4) is 0 Å². The van der Waals surface area contributed by atoms with Crippen molar-refractivity contribution in [2.24, 2.45) is 0 Å². The number of aromatic nitrogens is 2. The Morgan fingerprint density at radius 3 is 2.20 bits per heavy atom. The monoisotopic (exact) mass is 296 g/mol. The number of nitrogens with zero attached hydrogens (tertiary/aromatic N) is 2. The van der Waals surface area contributed by atoms with Gasteiger partial charge in [-0.15, -0.1) is 0 Å². The molecular weight excluding hydrogens is 287 g/mol. The van der Waals surface area contributed by atoms with Crippen LogP contribution in [-0.2, 0) is 10.3 Å². The van der Waals surface area contributed by atoms with Gasteiger partial charge in [-0.1, -0.05) is 42.5 Å². The van der Waals surface area contributed by atoms with Crippen LogP contribution in [0.5, 0.6) is 0 Å². The third-order valence-electron chi connectivity index (χ3n) is 2.77. The number of benzene rings is 2. The number of rotatable bonds is 2. The van der Waals surface area contributed by atoms with E-state index >= 15 is 0 Å². The van der Waals surface area contributed by atoms with Crippen molar-refractivity contribution in [1.29, 1.82) is 0 Å². The van der Waals surface area contributed by atoms with E-state index in [1.54, 1.807) is 48.5 Å². The number of hydrogen-bond donors (Lipinski definition) is 0. The molecule has 0 fully saturated rings. The molecule has 5 nitrogen and oxygen atoms in total. The number of para-hydroxylation sites is 2. The molecule has 96 valence electrons. The fourth-order valence-corrected chi connectivity index (χ4v) is 2.75. The van der Waals surface area contributed by atoms with Gasteiger partial charge in [-0.05, 0) is 12.1 Å². The topological polar surface area (TPSA) is 75.0 Å². The van der Waals surface area contributed by atoms with Gasteiger partial charge in [0.05, 0.1) is 11.0 Å². The van der Waals surface area contributed by atoms with Crippen LogP contribution < -0.4 is 29.6 Å². The zero-order valence-corrected chi connectivity index (χ0v) is 13.5. The summed E-state index contributed by atoms with van der Waals surface area (Å²) in [4.78, 5) is 4.23. The van der Waals surface area contributed by atoms with E-state index in [9.17, 15) is 13.0 Å². The summed E-state index contributed by atoms with van der Waals surface area (Å²) in [6.07, 6.45) is 0. The van der Waals surface area contributed by atoms with Gasteiger partial charge in [-0.25, -0.2) is 17.4 Å². The van der Waals surface area contributed by atoms with Crippen molar-refractivity contribution in [3.63, 3.8) is 0 Å². The minimum Gasteiger partial charge on any atom is -0.731 e. The third kappa shape index (κ3) is 2.65. The zero-order valence-electron chi connectivity index (χ0n) is 10.7. The van der Waals surface area contributed by atoms with Crippen LogP contribution in [0.2, 0.25) is 0 Å². The van der Waals surface area contributed by atoms with Crippen LogP contribution >= 0.6 is 0 Å². The largest absolute Gasteiger partial charge is 1.00 e. The van der Waals surface area contributed by atoms with Crippen LogP contribution in [0.1, 0.15) is 0 Å². The number of imidazole rings is 1. The Hall–Kier alpha value is -1.18. The first-order chi connectivity index (χ1) is 9.07. The molecule has 0 aliphatic rings. The normalized spacial score (nSPS) is 11.2. The molecule has 0 amide bonds. The van der Waals surface area contributed by atoms with E-state index in [1.807, 2.05) is 6.07 Å². The molecule has 3 rings (SSSR count). The predicted octanol–water partition coefficient (Wildman–Crippen LogP) is -0.984. The summed E-state index contributed by atoms with van der Waals surface area (Å²) in [6, 6.07) is 15.4. The van der Waals surface area contributed by atoms with Gasteiger partial charge in [-0.3, -0.25) is 0 Å². The zero-order chi connectivity index (χ0) is 13.5. The molecule has 3 aromatic rings. The van der Waals surface area contributed by atoms with Crippen molar-refractivity contribution >= 4 is 21.3 Å². The maximum atomic E-state index is 11.5. The summed E-state index contributed by atoms with van der Waals surface area (Å²) in [7, 11) is -4.66. The molecule has 7 heteroatoms. The first kappa shape index (κ1) is 15.2. The van der Waals surface area contributed by atoms with Crippen molar-refractivity contribution in [3.05, 3.63) is 54.6 Å². The molecule has 0 radical (unpaired) electrons. The van der Waals surface area contributed by atoms with Gasteiger partial charge in [0.25, 0.3) is 0 Å². The van der Waals surface area contributed by atoms with Crippen molar-refractivity contribution in [2.75, 3.05) is 0 Å². The van der Waals surface area contributed by atoms with E-state index in [2.05, 4.69) is 4.98 Å². The smallest absolute Gasteiger partial charge is 0.731 e. The van der Waals surface area contributed by atoms with Crippen molar-refractivity contribution < 1.29 is 42.5 Å². The second-order valence-electron chi connectivity index (χ2n) is 4.01. The Morgan fingerprint density at radius 1 is 0.950 bits per heavy atom. The maximum Gasteiger partial charge on any atom is 1.00 e. The van der Waals surface area contributed by atoms with Crippen LogP contribution in [0.4, 0.5) is 0 Å². The van der Waals surface area contributed by atoms with Crippen molar-refractivity contribution in [2.45, 2.75) is 0 Å². The van der Waals surface area contributed by atoms with E-state index in [0.717, 1.165) is 3.97 Å². The van der Waals surface area contributed by atoms with E-state index in [-0.39, 0.29) is 40.9 Å². The van der Waals surface area contributed by atoms with E-state index in [1.165, 1.54) is 0 Å². The minimum absolute atomic E-state index is 0. The second kappa shape index (κ2) is 5.67. The van der Waals surface area contributed by atoms with Crippen LogP contribution in [0.15, 0.2) is 54.6 Å². The van der Waals surface area contributed by atoms with Gasteiger partial charge in [-0.2, -0.15) is 0 Å². The summed E-state index contributed by atoms with van der Waals surface area (Å²) < 4.78 is 35.1. The first-order valence-corrected chi connectivity index (χ1v) is 6.93. The summed E-state index contributed by atoms with van der Waals surface area (Å²) in [5, 5.41) is 0. The molecule has 1 heterocycles. The summed E-state index contributed by atoms with van der Waals surface area (Å²) in [5.41, 5.74) is 1.34. The number of fused-ring (bicyclic) bond motifs is 1. The average Bonchev–Trinajstić information content (AvgIpc) is 2.79. The van der Waals surface area contributed by atoms with Gasteiger partial charge in [0.2, 0.25) is 0 Å². The molecule has 0 spiro atoms. The standard InChI is InChI=1S/C13H10N2O3S.Na/c16-19(17,18)15-12-9-5-4-8-11(12)14-13(15)10-6-2-1-3-7-10;/h1-9H,(H,16,17,18);/q;+1/p-1. The molecule has 0 bridgehead atoms. The molecule has 0 aliphatic carbocycles. The molecule has 0 unspecified atom stereocenters. The quantitative estimate of drug-likeness (QED) is 0.450. The SMILES string of the molecule is O=S(=O)([O-])n1c(-c2ccccc2)nc2ccccc21.[Na+]. The minimum atomic E-state index is -4.66. The Labute approximate surface area is 138 Å². The fraction of sp³-hybridized carbons (Fsp3) is 0. The molecule has 1 aromatic heterocycles. The Balaban J connectivity index is 0.00000147. The van der Waals surface area contributed by atoms with Gasteiger partial charge >= 0.3 is 29.6 Å². The van der Waals surface area contributed by atoms with Crippen LogP contribution in [-0.4, -0.2) is 21.9 Å². The molecule has 0 aliphatic heterocycles. The van der Waals surface area contributed by atoms with Crippen LogP contribution in [0, 0.1) is 0 Å². The fourth-order valence-electron chi connectivity index (χ4n) is 2.00. The Kier molecular flexibility index (Phi) is 4.31. The van der Waals surface area contributed by atoms with Gasteiger partial charge < -0.3 is 4.55 Å². The number of hydrogen-bond acceptors (Lipinski definition) is 4. The van der Waals surface area contributed by atoms with Crippen molar-refractivity contribution in [1.82, 2.24) is 8.96 Å². The molecule has 0 saturated carbocycles. The Bertz CT molecular complexity index is 844. The second-order valence-corrected chi connectivity index (χ2v) is 5.23. The molecule has 2 aromatic carbocycles. The summed E-state index contributed by atoms with van der Waals surface area (Å²) in [6.45, 7) is 0. The van der Waals surface area contributed by atoms with E-state index in [0.29, 0.717) is 11.1 Å². The molecule has 20 heavy (non-hydrogen) atoms. The Morgan fingerprint density at radius 2 is 1.55 bits per heavy atom. The molecule has 0 N–H and O–H groups in total. The average molecular weight is 296 g/mol. The molecule has 0 atom stereocenters. The van der Waals surface area contributed by atoms with Crippen LogP contribution in [0.25, 0.3) is 22.4 Å². The first-order valence-electron chi connectivity index (χ1n) is 5.57. The van der Waals surface area contributed by atoms with Gasteiger partial charge in [0.15, 0.2) is 16.1 Å². The third-order valence-corrected chi connectivity index (χ3v) is 3.59. The van der Waals surface area contributed by atoms with E-state index in [4.69, 9.17) is 0 Å². The summed E-state index contributed by atoms with van der Waals surface area (Å²) in [5.74, 6) is 0.136. The van der Waals surface area contributed by atoms with Gasteiger partial charge in [0, 0.05) is 5.56 Å². The molecular formula is C13H9N2NaO3S. The maximum absolute atomic E-state index is 11.5. The molecule has 0 saturated heterocycles. The predicted molar refractivity (Wildman–Crippen MR) is 70.3 cm³/mol. The summed E-state index contributed by atoms with van der Waals surface area (Å²) >= 11 is 0. The van der Waals surface area contributed by atoms with E-state index < -0.39 is 10.3 Å². The van der Waals surface area contributed by atoms with Crippen molar-refractivity contribution in [3.8, 4) is 11.4 Å².